The summed E-state index contributed by atoms with van der Waals surface area (Å²) in [6, 6.07) is 15.4. The number of fused-ring (bicyclic) bond motifs is 3. The lowest BCUT2D eigenvalue weighted by Crippen LogP contribution is -2.48. The third-order valence-electron chi connectivity index (χ3n) is 7.21. The third-order valence-corrected chi connectivity index (χ3v) is 7.21. The number of carboxylic acid groups (broad SMARTS) is 1. The molecular formula is C27H30N2O6. The average molecular weight is 479 g/mol. The second kappa shape index (κ2) is 10.1. The van der Waals surface area contributed by atoms with Gasteiger partial charge in [-0.1, -0.05) is 61.4 Å². The lowest BCUT2D eigenvalue weighted by molar-refractivity contribution is -0.144. The first-order valence-electron chi connectivity index (χ1n) is 12.2. The summed E-state index contributed by atoms with van der Waals surface area (Å²) in [5, 5.41) is 14.8. The van der Waals surface area contributed by atoms with Gasteiger partial charge in [0, 0.05) is 25.0 Å². The van der Waals surface area contributed by atoms with E-state index in [0.717, 1.165) is 35.1 Å². The molecule has 1 saturated carbocycles. The highest BCUT2D eigenvalue weighted by molar-refractivity contribution is 5.87. The molecule has 0 radical (unpaired) electrons. The monoisotopic (exact) mass is 478 g/mol. The molecular weight excluding hydrogens is 448 g/mol. The number of ether oxygens (including phenoxy) is 2. The zero-order chi connectivity index (χ0) is 24.4. The first-order chi connectivity index (χ1) is 17.0. The molecule has 2 aliphatic carbocycles. The van der Waals surface area contributed by atoms with Gasteiger partial charge < -0.3 is 25.2 Å². The van der Waals surface area contributed by atoms with Gasteiger partial charge in [0.15, 0.2) is 0 Å². The Balaban J connectivity index is 1.13. The Bertz CT molecular complexity index is 1070. The molecule has 2 unspecified atom stereocenters. The molecule has 5 rings (SSSR count). The summed E-state index contributed by atoms with van der Waals surface area (Å²) in [6.45, 7) is 0.816. The Labute approximate surface area is 204 Å². The zero-order valence-electron chi connectivity index (χ0n) is 19.4. The Kier molecular flexibility index (Phi) is 6.72. The topological polar surface area (TPSA) is 114 Å². The van der Waals surface area contributed by atoms with Gasteiger partial charge in [-0.3, -0.25) is 4.79 Å². The summed E-state index contributed by atoms with van der Waals surface area (Å²) in [6.07, 6.45) is 1.72. The van der Waals surface area contributed by atoms with Crippen LogP contribution in [0.2, 0.25) is 0 Å². The van der Waals surface area contributed by atoms with Crippen LogP contribution in [-0.2, 0) is 19.1 Å². The number of rotatable bonds is 9. The number of alkyl carbamates (subject to hydrolysis) is 1. The van der Waals surface area contributed by atoms with E-state index in [1.807, 2.05) is 24.3 Å². The zero-order valence-corrected chi connectivity index (χ0v) is 19.4. The van der Waals surface area contributed by atoms with Gasteiger partial charge in [0.2, 0.25) is 5.91 Å². The molecule has 2 aromatic rings. The van der Waals surface area contributed by atoms with Crippen LogP contribution in [0.5, 0.6) is 0 Å². The normalized spacial score (nSPS) is 21.6. The van der Waals surface area contributed by atoms with E-state index < -0.39 is 30.1 Å². The SMILES string of the molecule is O=C(NCC1CCOC1C(=O)N[C@@H](CC1CC1)C(=O)O)OCC1c2ccccc2-c2ccccc21. The van der Waals surface area contributed by atoms with Crippen molar-refractivity contribution in [3.8, 4) is 11.1 Å². The van der Waals surface area contributed by atoms with Crippen molar-refractivity contribution >= 4 is 18.0 Å². The maximum Gasteiger partial charge on any atom is 0.407 e. The summed E-state index contributed by atoms with van der Waals surface area (Å²) >= 11 is 0. The molecule has 2 amide bonds. The van der Waals surface area contributed by atoms with Crippen molar-refractivity contribution in [2.75, 3.05) is 19.8 Å². The van der Waals surface area contributed by atoms with Gasteiger partial charge in [0.25, 0.3) is 0 Å². The van der Waals surface area contributed by atoms with E-state index in [2.05, 4.69) is 34.9 Å². The van der Waals surface area contributed by atoms with Crippen LogP contribution in [0.4, 0.5) is 4.79 Å². The highest BCUT2D eigenvalue weighted by Crippen LogP contribution is 2.44. The molecule has 0 spiro atoms. The third kappa shape index (κ3) is 5.17. The van der Waals surface area contributed by atoms with E-state index in [-0.39, 0.29) is 25.0 Å². The first kappa shape index (κ1) is 23.4. The molecule has 8 nitrogen and oxygen atoms in total. The molecule has 8 heteroatoms. The second-order valence-electron chi connectivity index (χ2n) is 9.63. The predicted molar refractivity (Wildman–Crippen MR) is 128 cm³/mol. The van der Waals surface area contributed by atoms with Crippen molar-refractivity contribution in [3.63, 3.8) is 0 Å². The summed E-state index contributed by atoms with van der Waals surface area (Å²) in [4.78, 5) is 36.7. The summed E-state index contributed by atoms with van der Waals surface area (Å²) < 4.78 is 11.2. The number of nitrogens with one attached hydrogen (secondary N) is 2. The maximum atomic E-state index is 12.7. The summed E-state index contributed by atoms with van der Waals surface area (Å²) in [7, 11) is 0. The molecule has 3 aliphatic rings. The minimum atomic E-state index is -1.03. The van der Waals surface area contributed by atoms with Crippen molar-refractivity contribution in [1.29, 1.82) is 0 Å². The number of hydrogen-bond donors (Lipinski definition) is 3. The molecule has 1 saturated heterocycles. The average Bonchev–Trinajstić information content (AvgIpc) is 3.45. The molecule has 3 N–H and O–H groups in total. The van der Waals surface area contributed by atoms with Crippen LogP contribution in [-0.4, -0.2) is 55.0 Å². The van der Waals surface area contributed by atoms with E-state index in [4.69, 9.17) is 9.47 Å². The minimum absolute atomic E-state index is 0.0269. The Hall–Kier alpha value is -3.39. The lowest BCUT2D eigenvalue weighted by Gasteiger charge is -2.21. The van der Waals surface area contributed by atoms with Gasteiger partial charge in [-0.25, -0.2) is 9.59 Å². The molecule has 2 fully saturated rings. The van der Waals surface area contributed by atoms with Crippen molar-refractivity contribution in [3.05, 3.63) is 59.7 Å². The van der Waals surface area contributed by atoms with Crippen LogP contribution in [0.25, 0.3) is 11.1 Å². The van der Waals surface area contributed by atoms with Crippen LogP contribution < -0.4 is 10.6 Å². The van der Waals surface area contributed by atoms with Crippen LogP contribution >= 0.6 is 0 Å². The van der Waals surface area contributed by atoms with Gasteiger partial charge in [-0.05, 0) is 41.0 Å². The number of carbonyl (C=O) groups is 3. The van der Waals surface area contributed by atoms with Gasteiger partial charge in [0.05, 0.1) is 0 Å². The molecule has 0 aromatic heterocycles. The van der Waals surface area contributed by atoms with Gasteiger partial charge >= 0.3 is 12.1 Å². The quantitative estimate of drug-likeness (QED) is 0.510. The molecule has 0 bridgehead atoms. The van der Waals surface area contributed by atoms with Gasteiger partial charge in [-0.15, -0.1) is 0 Å². The van der Waals surface area contributed by atoms with Gasteiger partial charge in [-0.2, -0.15) is 0 Å². The van der Waals surface area contributed by atoms with Crippen molar-refractivity contribution in [2.45, 2.75) is 43.7 Å². The van der Waals surface area contributed by atoms with Crippen LogP contribution in [0.1, 0.15) is 42.7 Å². The highest BCUT2D eigenvalue weighted by Gasteiger charge is 2.38. The van der Waals surface area contributed by atoms with E-state index in [0.29, 0.717) is 25.4 Å². The molecule has 35 heavy (non-hydrogen) atoms. The molecule has 3 atom stereocenters. The molecule has 2 aromatic carbocycles. The smallest absolute Gasteiger partial charge is 0.407 e. The minimum Gasteiger partial charge on any atom is -0.480 e. The second-order valence-corrected chi connectivity index (χ2v) is 9.63. The van der Waals surface area contributed by atoms with Gasteiger partial charge in [0.1, 0.15) is 18.8 Å². The number of amides is 2. The van der Waals surface area contributed by atoms with Crippen LogP contribution in [0, 0.1) is 11.8 Å². The van der Waals surface area contributed by atoms with Crippen LogP contribution in [0.15, 0.2) is 48.5 Å². The molecule has 1 aliphatic heterocycles. The number of aliphatic carboxylic acids is 1. The lowest BCUT2D eigenvalue weighted by atomic mass is 9.98. The standard InChI is InChI=1S/C27H30N2O6/c30-25(29-23(26(31)32)13-16-9-10-16)24-17(11-12-34-24)14-28-27(33)35-15-22-20-7-3-1-5-18(20)19-6-2-4-8-21(19)22/h1-8,16-17,22-24H,9-15H2,(H,28,33)(H,29,30)(H,31,32)/t17?,23-,24?/m0/s1. The number of carbonyl (C=O) groups excluding carboxylic acids is 2. The Morgan fingerprint density at radius 1 is 1.00 bits per heavy atom. The predicted octanol–water partition coefficient (Wildman–Crippen LogP) is 3.30. The molecule has 1 heterocycles. The fraction of sp³-hybridized carbons (Fsp3) is 0.444. The maximum absolute atomic E-state index is 12.7. The highest BCUT2D eigenvalue weighted by atomic mass is 16.5. The Morgan fingerprint density at radius 2 is 1.66 bits per heavy atom. The van der Waals surface area contributed by atoms with E-state index >= 15 is 0 Å². The Morgan fingerprint density at radius 3 is 2.29 bits per heavy atom. The van der Waals surface area contributed by atoms with Crippen molar-refractivity contribution in [1.82, 2.24) is 10.6 Å². The number of hydrogen-bond acceptors (Lipinski definition) is 5. The van der Waals surface area contributed by atoms with E-state index in [1.54, 1.807) is 0 Å². The van der Waals surface area contributed by atoms with Crippen LogP contribution in [0.3, 0.4) is 0 Å². The van der Waals surface area contributed by atoms with Crippen molar-refractivity contribution < 1.29 is 29.0 Å². The number of carboxylic acids is 1. The summed E-state index contributed by atoms with van der Waals surface area (Å²) in [5.41, 5.74) is 4.61. The molecule has 184 valence electrons. The largest absolute Gasteiger partial charge is 0.480 e. The van der Waals surface area contributed by atoms with Crippen molar-refractivity contribution in [2.24, 2.45) is 11.8 Å². The number of benzene rings is 2. The van der Waals surface area contributed by atoms with E-state index in [9.17, 15) is 19.5 Å². The fourth-order valence-corrected chi connectivity index (χ4v) is 5.16. The fourth-order valence-electron chi connectivity index (χ4n) is 5.16. The first-order valence-corrected chi connectivity index (χ1v) is 12.2. The van der Waals surface area contributed by atoms with E-state index in [1.165, 1.54) is 0 Å². The summed E-state index contributed by atoms with van der Waals surface area (Å²) in [5.74, 6) is -1.37.